The van der Waals surface area contributed by atoms with Crippen LogP contribution in [0.4, 0.5) is 0 Å². The second-order valence-electron chi connectivity index (χ2n) is 11.2. The minimum atomic E-state index is -1.92. The van der Waals surface area contributed by atoms with Gasteiger partial charge in [0.2, 0.25) is 0 Å². The summed E-state index contributed by atoms with van der Waals surface area (Å²) in [5.74, 6) is -3.66. The number of rotatable bonds is 4. The fourth-order valence-electron chi connectivity index (χ4n) is 6.52. The van der Waals surface area contributed by atoms with E-state index in [-0.39, 0.29) is 12.8 Å². The van der Waals surface area contributed by atoms with Crippen LogP contribution in [0.25, 0.3) is 0 Å². The lowest BCUT2D eigenvalue weighted by Crippen LogP contribution is -2.66. The van der Waals surface area contributed by atoms with Crippen molar-refractivity contribution in [1.29, 1.82) is 0 Å². The zero-order valence-electron chi connectivity index (χ0n) is 22.7. The number of carbonyl (C=O) groups excluding carboxylic acids is 4. The van der Waals surface area contributed by atoms with E-state index in [1.54, 1.807) is 32.9 Å². The fraction of sp³-hybridized carbons (Fsp3) is 0.704. The van der Waals surface area contributed by atoms with Crippen molar-refractivity contribution in [3.05, 3.63) is 23.8 Å². The fourth-order valence-corrected chi connectivity index (χ4v) is 6.52. The normalized spacial score (nSPS) is 45.4. The van der Waals surface area contributed by atoms with Crippen LogP contribution in [0.3, 0.4) is 0 Å². The maximum Gasteiger partial charge on any atom is 0.342 e. The Labute approximate surface area is 221 Å². The highest BCUT2D eigenvalue weighted by molar-refractivity contribution is 5.89. The maximum absolute atomic E-state index is 12.9. The molecule has 2 N–H and O–H groups in total. The van der Waals surface area contributed by atoms with Crippen LogP contribution in [0.2, 0.25) is 0 Å². The topological polar surface area (TPSA) is 158 Å². The third kappa shape index (κ3) is 4.06. The molecule has 0 bridgehead atoms. The molecule has 38 heavy (non-hydrogen) atoms. The first-order chi connectivity index (χ1) is 17.5. The van der Waals surface area contributed by atoms with Gasteiger partial charge in [0, 0.05) is 38.0 Å². The van der Waals surface area contributed by atoms with Crippen LogP contribution in [-0.4, -0.2) is 81.4 Å². The number of ether oxygens (including phenoxy) is 5. The van der Waals surface area contributed by atoms with Gasteiger partial charge < -0.3 is 33.9 Å². The second kappa shape index (κ2) is 9.17. The van der Waals surface area contributed by atoms with Crippen LogP contribution in [0.5, 0.6) is 0 Å². The predicted octanol–water partition coefficient (Wildman–Crippen LogP) is 1.28. The summed E-state index contributed by atoms with van der Waals surface area (Å²) in [5.41, 5.74) is -5.84. The van der Waals surface area contributed by atoms with Crippen LogP contribution in [-0.2, 0) is 42.9 Å². The van der Waals surface area contributed by atoms with Gasteiger partial charge in [-0.25, -0.2) is 4.79 Å². The number of esters is 4. The molecule has 2 aliphatic carbocycles. The highest BCUT2D eigenvalue weighted by Gasteiger charge is 2.86. The molecule has 10 atom stereocenters. The van der Waals surface area contributed by atoms with E-state index in [0.29, 0.717) is 5.57 Å². The molecule has 2 aliphatic heterocycles. The van der Waals surface area contributed by atoms with Crippen molar-refractivity contribution in [2.75, 3.05) is 0 Å². The predicted molar refractivity (Wildman–Crippen MR) is 129 cm³/mol. The highest BCUT2D eigenvalue weighted by Crippen LogP contribution is 2.64. The summed E-state index contributed by atoms with van der Waals surface area (Å²) in [7, 11) is 0. The smallest absolute Gasteiger partial charge is 0.342 e. The van der Waals surface area contributed by atoms with Crippen molar-refractivity contribution in [2.45, 2.75) is 109 Å². The lowest BCUT2D eigenvalue weighted by Gasteiger charge is -2.54. The van der Waals surface area contributed by atoms with E-state index in [4.69, 9.17) is 23.7 Å². The Balaban J connectivity index is 1.96. The van der Waals surface area contributed by atoms with Crippen LogP contribution >= 0.6 is 0 Å². The molecule has 11 nitrogen and oxygen atoms in total. The molecule has 2 heterocycles. The molecule has 11 heteroatoms. The average Bonchev–Trinajstić information content (AvgIpc) is 3.40. The molecule has 1 spiro atoms. The summed E-state index contributed by atoms with van der Waals surface area (Å²) in [5, 5.41) is 24.0. The number of fused-ring (bicyclic) bond motifs is 1. The van der Waals surface area contributed by atoms with Gasteiger partial charge in [0.25, 0.3) is 0 Å². The number of hydrogen-bond acceptors (Lipinski definition) is 11. The number of aliphatic hydroxyl groups is 2. The van der Waals surface area contributed by atoms with E-state index < -0.39 is 82.5 Å². The lowest BCUT2D eigenvalue weighted by atomic mass is 9.55. The van der Waals surface area contributed by atoms with Crippen molar-refractivity contribution in [2.24, 2.45) is 11.3 Å². The van der Waals surface area contributed by atoms with Crippen LogP contribution < -0.4 is 0 Å². The molecule has 0 amide bonds. The number of aliphatic hydroxyl groups excluding tert-OH is 1. The molecule has 0 saturated carbocycles. The Kier molecular flexibility index (Phi) is 6.82. The van der Waals surface area contributed by atoms with E-state index in [0.717, 1.165) is 0 Å². The van der Waals surface area contributed by atoms with Crippen LogP contribution in [0.15, 0.2) is 23.8 Å². The molecule has 4 rings (SSSR count). The van der Waals surface area contributed by atoms with Gasteiger partial charge in [-0.3, -0.25) is 14.4 Å². The van der Waals surface area contributed by atoms with Gasteiger partial charge in [-0.05, 0) is 38.5 Å². The molecule has 2 fully saturated rings. The SMILES string of the molecule is CCC(=O)OC1CC(OC(C)=O)C2(C)C=CC(OC(C)=O)C(C)(O)C2C(O)C23OC2(C)C(=O)OC3C=C1C. The quantitative estimate of drug-likeness (QED) is 0.231. The minimum absolute atomic E-state index is 0.0161. The lowest BCUT2D eigenvalue weighted by molar-refractivity contribution is -0.212. The van der Waals surface area contributed by atoms with Crippen LogP contribution in [0, 0.1) is 11.3 Å². The van der Waals surface area contributed by atoms with Crippen molar-refractivity contribution >= 4 is 23.9 Å². The molecule has 210 valence electrons. The van der Waals surface area contributed by atoms with Crippen molar-refractivity contribution < 1.29 is 53.1 Å². The highest BCUT2D eigenvalue weighted by atomic mass is 16.7. The van der Waals surface area contributed by atoms with Gasteiger partial charge >= 0.3 is 23.9 Å². The number of hydrogen-bond donors (Lipinski definition) is 2. The van der Waals surface area contributed by atoms with E-state index in [1.807, 2.05) is 0 Å². The molecule has 10 unspecified atom stereocenters. The number of epoxide rings is 1. The molecule has 0 aromatic heterocycles. The summed E-state index contributed by atoms with van der Waals surface area (Å²) in [6.45, 7) is 10.4. The Bertz CT molecular complexity index is 1110. The molecule has 2 saturated heterocycles. The van der Waals surface area contributed by atoms with Crippen molar-refractivity contribution in [1.82, 2.24) is 0 Å². The monoisotopic (exact) mass is 536 g/mol. The molecule has 0 aromatic rings. The van der Waals surface area contributed by atoms with E-state index in [9.17, 15) is 29.4 Å². The second-order valence-corrected chi connectivity index (χ2v) is 11.2. The third-order valence-corrected chi connectivity index (χ3v) is 8.59. The van der Waals surface area contributed by atoms with Crippen LogP contribution in [0.1, 0.15) is 61.3 Å². The van der Waals surface area contributed by atoms with Crippen molar-refractivity contribution in [3.63, 3.8) is 0 Å². The van der Waals surface area contributed by atoms with Gasteiger partial charge in [0.1, 0.15) is 23.9 Å². The zero-order valence-corrected chi connectivity index (χ0v) is 22.7. The molecule has 4 aliphatic rings. The Morgan fingerprint density at radius 2 is 1.74 bits per heavy atom. The molecular formula is C27H36O11. The Hall–Kier alpha value is -2.76. The molecule has 0 aromatic carbocycles. The largest absolute Gasteiger partial charge is 0.461 e. The van der Waals surface area contributed by atoms with Crippen molar-refractivity contribution in [3.8, 4) is 0 Å². The zero-order chi connectivity index (χ0) is 28.4. The van der Waals surface area contributed by atoms with E-state index >= 15 is 0 Å². The van der Waals surface area contributed by atoms with Gasteiger partial charge in [-0.1, -0.05) is 19.9 Å². The summed E-state index contributed by atoms with van der Waals surface area (Å²) in [6, 6.07) is 0. The van der Waals surface area contributed by atoms with Gasteiger partial charge in [-0.2, -0.15) is 0 Å². The first-order valence-corrected chi connectivity index (χ1v) is 12.8. The maximum atomic E-state index is 12.9. The molecule has 0 radical (unpaired) electrons. The first-order valence-electron chi connectivity index (χ1n) is 12.8. The average molecular weight is 537 g/mol. The summed E-state index contributed by atoms with van der Waals surface area (Å²) in [6.07, 6.45) is -0.927. The van der Waals surface area contributed by atoms with E-state index in [2.05, 4.69) is 0 Å². The summed E-state index contributed by atoms with van der Waals surface area (Å²) in [4.78, 5) is 49.4. The summed E-state index contributed by atoms with van der Waals surface area (Å²) >= 11 is 0. The van der Waals surface area contributed by atoms with E-state index in [1.165, 1.54) is 33.8 Å². The van der Waals surface area contributed by atoms with Gasteiger partial charge in [0.15, 0.2) is 17.3 Å². The van der Waals surface area contributed by atoms with Gasteiger partial charge in [0.05, 0.1) is 6.10 Å². The standard InChI is InChI=1S/C27H36O11/c1-8-20(30)36-16-12-18(35-15(4)29)24(5)10-9-17(34-14(3)28)25(6,33)21(24)22(31)27-19(11-13(16)2)37-23(32)26(27,7)38-27/h9-11,16-19,21-22,31,33H,8,12H2,1-7H3. The first kappa shape index (κ1) is 28.3. The molecular weight excluding hydrogens is 500 g/mol. The number of carbonyl (C=O) groups is 4. The Morgan fingerprint density at radius 1 is 1.11 bits per heavy atom. The minimum Gasteiger partial charge on any atom is -0.461 e. The Morgan fingerprint density at radius 3 is 2.29 bits per heavy atom. The summed E-state index contributed by atoms with van der Waals surface area (Å²) < 4.78 is 28.5. The third-order valence-electron chi connectivity index (χ3n) is 8.59. The van der Waals surface area contributed by atoms with Gasteiger partial charge in [-0.15, -0.1) is 0 Å².